The van der Waals surface area contributed by atoms with Gasteiger partial charge in [-0.05, 0) is 23.8 Å². The van der Waals surface area contributed by atoms with Gasteiger partial charge in [-0.3, -0.25) is 0 Å². The molecular weight excluding hydrogens is 262 g/mol. The summed E-state index contributed by atoms with van der Waals surface area (Å²) in [5, 5.41) is 10.3. The molecule has 0 radical (unpaired) electrons. The fraction of sp³-hybridized carbons (Fsp3) is 0.231. The van der Waals surface area contributed by atoms with Gasteiger partial charge in [0.2, 0.25) is 0 Å². The third-order valence-electron chi connectivity index (χ3n) is 3.14. The number of allylic oxidation sites excluding steroid dienone is 1. The molecule has 0 N–H and O–H groups in total. The lowest BCUT2D eigenvalue weighted by atomic mass is 10.0. The number of benzene rings is 1. The highest BCUT2D eigenvalue weighted by Crippen LogP contribution is 2.23. The summed E-state index contributed by atoms with van der Waals surface area (Å²) in [5.74, 6) is 0. The van der Waals surface area contributed by atoms with Gasteiger partial charge in [0, 0.05) is 18.9 Å². The normalized spacial score (nSPS) is 21.4. The van der Waals surface area contributed by atoms with Crippen LogP contribution in [0.2, 0.25) is 0 Å². The molecule has 1 aromatic rings. The van der Waals surface area contributed by atoms with E-state index in [0.29, 0.717) is 4.90 Å². The third-order valence-corrected chi connectivity index (χ3v) is 4.27. The second kappa shape index (κ2) is 4.31. The van der Waals surface area contributed by atoms with Gasteiger partial charge in [-0.25, -0.2) is 8.42 Å². The van der Waals surface area contributed by atoms with Gasteiger partial charge in [-0.15, -0.1) is 0 Å². The molecule has 1 atom stereocenters. The van der Waals surface area contributed by atoms with Crippen LogP contribution in [0.3, 0.4) is 0 Å². The summed E-state index contributed by atoms with van der Waals surface area (Å²) in [6.07, 6.45) is 7.65. The predicted molar refractivity (Wildman–Crippen MR) is 74.0 cm³/mol. The molecule has 98 valence electrons. The number of nitrogens with zero attached hydrogens (tertiary/aromatic N) is 3. The van der Waals surface area contributed by atoms with Crippen LogP contribution in [0.4, 0.5) is 0 Å². The second-order valence-electron chi connectivity index (χ2n) is 4.58. The Labute approximate surface area is 111 Å². The van der Waals surface area contributed by atoms with Crippen molar-refractivity contribution in [3.8, 4) is 0 Å². The minimum Gasteiger partial charge on any atom is -0.224 e. The van der Waals surface area contributed by atoms with Crippen LogP contribution >= 0.6 is 0 Å². The van der Waals surface area contributed by atoms with Crippen molar-refractivity contribution in [1.82, 2.24) is 5.12 Å². The van der Waals surface area contributed by atoms with Crippen molar-refractivity contribution < 1.29 is 8.42 Å². The minimum absolute atomic E-state index is 0.176. The van der Waals surface area contributed by atoms with E-state index in [1.807, 2.05) is 12.2 Å². The van der Waals surface area contributed by atoms with Gasteiger partial charge in [-0.2, -0.15) is 15.3 Å². The van der Waals surface area contributed by atoms with Crippen LogP contribution in [0.25, 0.3) is 0 Å². The maximum Gasteiger partial charge on any atom is 0.175 e. The highest BCUT2D eigenvalue weighted by Gasteiger charge is 2.26. The summed E-state index contributed by atoms with van der Waals surface area (Å²) >= 11 is 0. The molecule has 0 aliphatic carbocycles. The number of fused-ring (bicyclic) bond motifs is 1. The van der Waals surface area contributed by atoms with Crippen LogP contribution in [0.5, 0.6) is 0 Å². The molecule has 2 aliphatic heterocycles. The quantitative estimate of drug-likeness (QED) is 0.820. The first-order valence-electron chi connectivity index (χ1n) is 5.92. The van der Waals surface area contributed by atoms with Gasteiger partial charge in [-0.1, -0.05) is 18.2 Å². The molecule has 5 nitrogen and oxygen atoms in total. The van der Waals surface area contributed by atoms with E-state index in [-0.39, 0.29) is 6.04 Å². The Morgan fingerprint density at radius 3 is 2.63 bits per heavy atom. The predicted octanol–water partition coefficient (Wildman–Crippen LogP) is 1.42. The molecule has 0 amide bonds. The van der Waals surface area contributed by atoms with E-state index < -0.39 is 9.84 Å². The van der Waals surface area contributed by atoms with E-state index in [9.17, 15) is 8.42 Å². The highest BCUT2D eigenvalue weighted by atomic mass is 32.2. The van der Waals surface area contributed by atoms with Crippen LogP contribution < -0.4 is 0 Å². The van der Waals surface area contributed by atoms with Gasteiger partial charge < -0.3 is 0 Å². The maximum absolute atomic E-state index is 11.4. The van der Waals surface area contributed by atoms with E-state index in [1.54, 1.807) is 35.6 Å². The van der Waals surface area contributed by atoms with Crippen LogP contribution in [0.15, 0.2) is 51.5 Å². The lowest BCUT2D eigenvalue weighted by Crippen LogP contribution is -2.21. The molecule has 0 saturated carbocycles. The molecule has 19 heavy (non-hydrogen) atoms. The molecule has 2 heterocycles. The van der Waals surface area contributed by atoms with Crippen LogP contribution in [0.1, 0.15) is 12.0 Å². The van der Waals surface area contributed by atoms with Crippen LogP contribution in [0, 0.1) is 0 Å². The molecule has 0 spiro atoms. The number of sulfone groups is 1. The summed E-state index contributed by atoms with van der Waals surface area (Å²) in [6, 6.07) is 6.99. The van der Waals surface area contributed by atoms with E-state index in [0.717, 1.165) is 17.7 Å². The topological polar surface area (TPSA) is 62.1 Å². The van der Waals surface area contributed by atoms with Crippen molar-refractivity contribution in [2.24, 2.45) is 10.2 Å². The fourth-order valence-electron chi connectivity index (χ4n) is 2.13. The average molecular weight is 275 g/mol. The average Bonchev–Trinajstić information content (AvgIpc) is 2.81. The molecule has 0 fully saturated rings. The van der Waals surface area contributed by atoms with Crippen molar-refractivity contribution in [3.05, 3.63) is 42.0 Å². The van der Waals surface area contributed by atoms with Crippen molar-refractivity contribution >= 4 is 21.8 Å². The first-order valence-corrected chi connectivity index (χ1v) is 7.81. The van der Waals surface area contributed by atoms with Crippen molar-refractivity contribution in [2.75, 3.05) is 6.26 Å². The second-order valence-corrected chi connectivity index (χ2v) is 6.60. The van der Waals surface area contributed by atoms with E-state index in [1.165, 1.54) is 6.26 Å². The lowest BCUT2D eigenvalue weighted by Gasteiger charge is -2.15. The van der Waals surface area contributed by atoms with E-state index >= 15 is 0 Å². The molecule has 1 unspecified atom stereocenters. The summed E-state index contributed by atoms with van der Waals surface area (Å²) < 4.78 is 22.8. The number of hydrazone groups is 2. The SMILES string of the molecule is CS(=O)(=O)c1ccc(C2=NN3N=CC=CC3C2)cc1. The summed E-state index contributed by atoms with van der Waals surface area (Å²) in [5.41, 5.74) is 1.86. The summed E-state index contributed by atoms with van der Waals surface area (Å²) in [4.78, 5) is 0.325. The minimum atomic E-state index is -3.15. The van der Waals surface area contributed by atoms with E-state index in [2.05, 4.69) is 10.2 Å². The molecule has 3 rings (SSSR count). The van der Waals surface area contributed by atoms with Gasteiger partial charge >= 0.3 is 0 Å². The molecule has 1 aromatic carbocycles. The third kappa shape index (κ3) is 2.31. The zero-order valence-corrected chi connectivity index (χ0v) is 11.2. The Morgan fingerprint density at radius 2 is 2.00 bits per heavy atom. The standard InChI is InChI=1S/C13H13N3O2S/c1-19(17,18)12-6-4-10(5-7-12)13-9-11-3-2-8-14-16(11)15-13/h2-8,11H,9H2,1H3. The maximum atomic E-state index is 11.4. The van der Waals surface area contributed by atoms with Crippen LogP contribution in [-0.2, 0) is 9.84 Å². The Hall–Kier alpha value is -1.95. The molecule has 2 aliphatic rings. The van der Waals surface area contributed by atoms with Crippen molar-refractivity contribution in [1.29, 1.82) is 0 Å². The first kappa shape index (κ1) is 12.1. The zero-order valence-electron chi connectivity index (χ0n) is 10.4. The van der Waals surface area contributed by atoms with Gasteiger partial charge in [0.15, 0.2) is 9.84 Å². The largest absolute Gasteiger partial charge is 0.224 e. The van der Waals surface area contributed by atoms with E-state index in [4.69, 9.17) is 0 Å². The molecule has 0 saturated heterocycles. The van der Waals surface area contributed by atoms with Gasteiger partial charge in [0.1, 0.15) is 0 Å². The van der Waals surface area contributed by atoms with Crippen LogP contribution in [-0.4, -0.2) is 37.8 Å². The fourth-order valence-corrected chi connectivity index (χ4v) is 2.76. The van der Waals surface area contributed by atoms with Crippen molar-refractivity contribution in [3.63, 3.8) is 0 Å². The number of hydrogen-bond acceptors (Lipinski definition) is 5. The Morgan fingerprint density at radius 1 is 1.26 bits per heavy atom. The molecule has 6 heteroatoms. The number of hydrogen-bond donors (Lipinski definition) is 0. The Balaban J connectivity index is 1.88. The Kier molecular flexibility index (Phi) is 2.74. The molecular formula is C13H13N3O2S. The summed E-state index contributed by atoms with van der Waals surface area (Å²) in [7, 11) is -3.15. The van der Waals surface area contributed by atoms with Gasteiger partial charge in [0.05, 0.1) is 16.6 Å². The highest BCUT2D eigenvalue weighted by molar-refractivity contribution is 7.90. The smallest absolute Gasteiger partial charge is 0.175 e. The summed E-state index contributed by atoms with van der Waals surface area (Å²) in [6.45, 7) is 0. The van der Waals surface area contributed by atoms with Gasteiger partial charge in [0.25, 0.3) is 0 Å². The zero-order chi connectivity index (χ0) is 13.5. The monoisotopic (exact) mass is 275 g/mol. The first-order chi connectivity index (χ1) is 9.04. The number of rotatable bonds is 2. The lowest BCUT2D eigenvalue weighted by molar-refractivity contribution is 0.280. The Bertz CT molecular complexity index is 687. The molecule has 0 bridgehead atoms. The molecule has 0 aromatic heterocycles. The van der Waals surface area contributed by atoms with Crippen molar-refractivity contribution in [2.45, 2.75) is 17.4 Å².